The highest BCUT2D eigenvalue weighted by molar-refractivity contribution is 5.87. The van der Waals surface area contributed by atoms with Gasteiger partial charge in [0.1, 0.15) is 6.04 Å². The number of benzene rings is 1. The quantitative estimate of drug-likeness (QED) is 0.883. The Kier molecular flexibility index (Phi) is 5.26. The number of likely N-dealkylation sites (tertiary alicyclic amines) is 2. The molecule has 2 saturated heterocycles. The first-order valence-corrected chi connectivity index (χ1v) is 9.72. The number of primary amides is 1. The van der Waals surface area contributed by atoms with Crippen molar-refractivity contribution in [2.45, 2.75) is 63.8 Å². The highest BCUT2D eigenvalue weighted by Gasteiger charge is 2.36. The number of urea groups is 1. The zero-order valence-corrected chi connectivity index (χ0v) is 16.2. The van der Waals surface area contributed by atoms with E-state index in [1.807, 2.05) is 4.90 Å². The number of amides is 3. The lowest BCUT2D eigenvalue weighted by molar-refractivity contribution is -0.136. The molecular formula is C21H31N3O2. The maximum atomic E-state index is 12.8. The van der Waals surface area contributed by atoms with Gasteiger partial charge in [0.2, 0.25) is 5.91 Å². The molecule has 142 valence electrons. The van der Waals surface area contributed by atoms with E-state index in [2.05, 4.69) is 45.0 Å². The smallest absolute Gasteiger partial charge is 0.315 e. The van der Waals surface area contributed by atoms with Crippen molar-refractivity contribution in [2.75, 3.05) is 19.6 Å². The fourth-order valence-corrected chi connectivity index (χ4v) is 4.19. The second-order valence-electron chi connectivity index (χ2n) is 8.66. The van der Waals surface area contributed by atoms with Gasteiger partial charge in [-0.15, -0.1) is 0 Å². The lowest BCUT2D eigenvalue weighted by atomic mass is 9.84. The molecule has 0 unspecified atom stereocenters. The summed E-state index contributed by atoms with van der Waals surface area (Å²) in [6.45, 7) is 8.79. The third-order valence-electron chi connectivity index (χ3n) is 5.88. The first kappa shape index (κ1) is 18.7. The van der Waals surface area contributed by atoms with Gasteiger partial charge in [-0.1, -0.05) is 45.0 Å². The van der Waals surface area contributed by atoms with Gasteiger partial charge in [0, 0.05) is 19.6 Å². The molecule has 2 fully saturated rings. The van der Waals surface area contributed by atoms with Crippen molar-refractivity contribution < 1.29 is 9.59 Å². The molecule has 26 heavy (non-hydrogen) atoms. The molecule has 3 rings (SSSR count). The molecule has 5 nitrogen and oxygen atoms in total. The van der Waals surface area contributed by atoms with Crippen LogP contribution in [0.3, 0.4) is 0 Å². The summed E-state index contributed by atoms with van der Waals surface area (Å²) in [5.41, 5.74) is 8.30. The molecule has 0 saturated carbocycles. The van der Waals surface area contributed by atoms with E-state index >= 15 is 0 Å². The number of carbonyl (C=O) groups is 2. The monoisotopic (exact) mass is 357 g/mol. The summed E-state index contributed by atoms with van der Waals surface area (Å²) in [7, 11) is 0. The topological polar surface area (TPSA) is 66.6 Å². The van der Waals surface area contributed by atoms with Gasteiger partial charge in [-0.05, 0) is 48.1 Å². The Morgan fingerprint density at radius 1 is 1.00 bits per heavy atom. The van der Waals surface area contributed by atoms with Crippen LogP contribution < -0.4 is 5.73 Å². The van der Waals surface area contributed by atoms with Crippen molar-refractivity contribution in [2.24, 2.45) is 5.73 Å². The number of piperidine rings is 1. The van der Waals surface area contributed by atoms with Crippen LogP contribution in [-0.2, 0) is 10.2 Å². The minimum absolute atomic E-state index is 0.0721. The Hall–Kier alpha value is -2.04. The van der Waals surface area contributed by atoms with Crippen molar-refractivity contribution in [3.63, 3.8) is 0 Å². The zero-order valence-electron chi connectivity index (χ0n) is 16.2. The molecule has 2 heterocycles. The van der Waals surface area contributed by atoms with E-state index in [4.69, 9.17) is 5.73 Å². The van der Waals surface area contributed by atoms with E-state index in [1.165, 1.54) is 16.0 Å². The average molecular weight is 357 g/mol. The molecule has 2 aliphatic rings. The van der Waals surface area contributed by atoms with Crippen LogP contribution in [0.25, 0.3) is 0 Å². The lowest BCUT2D eigenvalue weighted by Crippen LogP contribution is -2.51. The minimum Gasteiger partial charge on any atom is -0.351 e. The summed E-state index contributed by atoms with van der Waals surface area (Å²) in [5, 5.41) is 0. The summed E-state index contributed by atoms with van der Waals surface area (Å²) in [6.07, 6.45) is 3.54. The van der Waals surface area contributed by atoms with Gasteiger partial charge in [-0.2, -0.15) is 0 Å². The number of nitrogens with two attached hydrogens (primary N) is 1. The lowest BCUT2D eigenvalue weighted by Gasteiger charge is -2.35. The van der Waals surface area contributed by atoms with Crippen molar-refractivity contribution in [1.29, 1.82) is 0 Å². The number of nitrogens with zero attached hydrogens (tertiary/aromatic N) is 2. The SMILES string of the molecule is CC(C)(C)c1ccc(C2CCN(C(=O)[C@@H]3CCCN3C(N)=O)CC2)cc1. The van der Waals surface area contributed by atoms with Crippen LogP contribution in [0.4, 0.5) is 4.79 Å². The van der Waals surface area contributed by atoms with Crippen LogP contribution in [0.15, 0.2) is 24.3 Å². The molecule has 1 atom stereocenters. The molecule has 0 spiro atoms. The van der Waals surface area contributed by atoms with Crippen molar-refractivity contribution in [3.8, 4) is 0 Å². The third-order valence-corrected chi connectivity index (χ3v) is 5.88. The fraction of sp³-hybridized carbons (Fsp3) is 0.619. The van der Waals surface area contributed by atoms with Crippen LogP contribution in [0.5, 0.6) is 0 Å². The van der Waals surface area contributed by atoms with E-state index in [0.717, 1.165) is 38.8 Å². The van der Waals surface area contributed by atoms with Crippen LogP contribution >= 0.6 is 0 Å². The highest BCUT2D eigenvalue weighted by atomic mass is 16.2. The summed E-state index contributed by atoms with van der Waals surface area (Å²) < 4.78 is 0. The third kappa shape index (κ3) is 3.87. The number of hydrogen-bond donors (Lipinski definition) is 1. The molecule has 2 N–H and O–H groups in total. The van der Waals surface area contributed by atoms with Crippen LogP contribution in [0.2, 0.25) is 0 Å². The van der Waals surface area contributed by atoms with Crippen molar-refractivity contribution in [3.05, 3.63) is 35.4 Å². The summed E-state index contributed by atoms with van der Waals surface area (Å²) in [6, 6.07) is 8.12. The molecule has 5 heteroatoms. The molecule has 2 aliphatic heterocycles. The highest BCUT2D eigenvalue weighted by Crippen LogP contribution is 2.31. The largest absolute Gasteiger partial charge is 0.351 e. The second-order valence-corrected chi connectivity index (χ2v) is 8.66. The Bertz CT molecular complexity index is 655. The number of hydrogen-bond acceptors (Lipinski definition) is 2. The van der Waals surface area contributed by atoms with Gasteiger partial charge < -0.3 is 15.5 Å². The Morgan fingerprint density at radius 3 is 2.15 bits per heavy atom. The van der Waals surface area contributed by atoms with Gasteiger partial charge in [-0.3, -0.25) is 4.79 Å². The van der Waals surface area contributed by atoms with Gasteiger partial charge in [0.25, 0.3) is 0 Å². The maximum absolute atomic E-state index is 12.8. The fourth-order valence-electron chi connectivity index (χ4n) is 4.19. The van der Waals surface area contributed by atoms with Crippen molar-refractivity contribution >= 4 is 11.9 Å². The average Bonchev–Trinajstić information content (AvgIpc) is 3.11. The Morgan fingerprint density at radius 2 is 1.62 bits per heavy atom. The molecule has 0 bridgehead atoms. The van der Waals surface area contributed by atoms with E-state index in [-0.39, 0.29) is 17.4 Å². The molecule has 0 radical (unpaired) electrons. The van der Waals surface area contributed by atoms with Crippen LogP contribution in [0, 0.1) is 0 Å². The van der Waals surface area contributed by atoms with Crippen LogP contribution in [-0.4, -0.2) is 47.4 Å². The van der Waals surface area contributed by atoms with E-state index in [1.54, 1.807) is 0 Å². The molecule has 3 amide bonds. The Balaban J connectivity index is 1.59. The van der Waals surface area contributed by atoms with E-state index < -0.39 is 6.03 Å². The van der Waals surface area contributed by atoms with Gasteiger partial charge >= 0.3 is 6.03 Å². The predicted octanol–water partition coefficient (Wildman–Crippen LogP) is 3.23. The molecule has 0 aliphatic carbocycles. The normalized spacial score (nSPS) is 21.9. The summed E-state index contributed by atoms with van der Waals surface area (Å²) in [4.78, 5) is 27.8. The standard InChI is InChI=1S/C21H31N3O2/c1-21(2,3)17-8-6-15(7-9-17)16-10-13-23(14-11-16)19(25)18-5-4-12-24(18)20(22)26/h6-9,16,18H,4-5,10-14H2,1-3H3,(H2,22,26)/t18-/m0/s1. The van der Waals surface area contributed by atoms with Gasteiger partial charge in [0.15, 0.2) is 0 Å². The van der Waals surface area contributed by atoms with Crippen LogP contribution in [0.1, 0.15) is 63.5 Å². The minimum atomic E-state index is -0.477. The zero-order chi connectivity index (χ0) is 18.9. The molecule has 1 aromatic rings. The summed E-state index contributed by atoms with van der Waals surface area (Å²) in [5.74, 6) is 0.576. The van der Waals surface area contributed by atoms with Gasteiger partial charge in [0.05, 0.1) is 0 Å². The molecular weight excluding hydrogens is 326 g/mol. The Labute approximate surface area is 156 Å². The molecule has 1 aromatic carbocycles. The van der Waals surface area contributed by atoms with Gasteiger partial charge in [-0.25, -0.2) is 4.79 Å². The second kappa shape index (κ2) is 7.29. The maximum Gasteiger partial charge on any atom is 0.315 e. The number of rotatable bonds is 2. The first-order valence-electron chi connectivity index (χ1n) is 9.72. The first-order chi connectivity index (χ1) is 12.3. The molecule has 0 aromatic heterocycles. The number of carbonyl (C=O) groups excluding carboxylic acids is 2. The van der Waals surface area contributed by atoms with E-state index in [9.17, 15) is 9.59 Å². The summed E-state index contributed by atoms with van der Waals surface area (Å²) >= 11 is 0. The van der Waals surface area contributed by atoms with E-state index in [0.29, 0.717) is 12.5 Å². The predicted molar refractivity (Wildman–Crippen MR) is 103 cm³/mol. The van der Waals surface area contributed by atoms with Crippen molar-refractivity contribution in [1.82, 2.24) is 9.80 Å².